The van der Waals surface area contributed by atoms with E-state index in [2.05, 4.69) is 10.2 Å². The number of hydrogen-bond donors (Lipinski definition) is 1. The molecule has 1 N–H and O–H groups in total. The van der Waals surface area contributed by atoms with Crippen molar-refractivity contribution in [2.45, 2.75) is 31.4 Å². The Hall–Kier alpha value is -2.61. The van der Waals surface area contributed by atoms with Crippen LogP contribution in [0.15, 0.2) is 24.3 Å². The number of nitrogens with zero attached hydrogens (tertiary/aromatic N) is 3. The Kier molecular flexibility index (Phi) is 5.21. The number of imide groups is 1. The zero-order valence-corrected chi connectivity index (χ0v) is 16.1. The van der Waals surface area contributed by atoms with Crippen molar-refractivity contribution in [1.82, 2.24) is 15.1 Å². The molecule has 150 valence electrons. The summed E-state index contributed by atoms with van der Waals surface area (Å²) in [6.07, 6.45) is 2.53. The molecule has 8 nitrogen and oxygen atoms in total. The van der Waals surface area contributed by atoms with Crippen molar-refractivity contribution >= 4 is 23.5 Å². The van der Waals surface area contributed by atoms with Crippen LogP contribution in [0.1, 0.15) is 29.6 Å². The first-order chi connectivity index (χ1) is 13.6. The summed E-state index contributed by atoms with van der Waals surface area (Å²) in [6, 6.07) is 7.30. The largest absolute Gasteiger partial charge is 0.380 e. The number of anilines is 1. The summed E-state index contributed by atoms with van der Waals surface area (Å²) in [5.74, 6) is -0.179. The van der Waals surface area contributed by atoms with E-state index in [0.29, 0.717) is 31.5 Å². The van der Waals surface area contributed by atoms with Gasteiger partial charge >= 0.3 is 6.03 Å². The van der Waals surface area contributed by atoms with Crippen LogP contribution in [0.25, 0.3) is 0 Å². The molecule has 0 saturated carbocycles. The highest BCUT2D eigenvalue weighted by molar-refractivity contribution is 6.02. The highest BCUT2D eigenvalue weighted by Gasteiger charge is 2.37. The van der Waals surface area contributed by atoms with Gasteiger partial charge in [0.2, 0.25) is 5.91 Å². The molecule has 3 aliphatic rings. The van der Waals surface area contributed by atoms with Gasteiger partial charge in [-0.2, -0.15) is 0 Å². The third-order valence-electron chi connectivity index (χ3n) is 5.95. The first-order valence-corrected chi connectivity index (χ1v) is 9.84. The van der Waals surface area contributed by atoms with E-state index >= 15 is 0 Å². The van der Waals surface area contributed by atoms with Gasteiger partial charge in [-0.05, 0) is 43.5 Å². The van der Waals surface area contributed by atoms with Gasteiger partial charge in [-0.1, -0.05) is 0 Å². The lowest BCUT2D eigenvalue weighted by molar-refractivity contribution is -0.127. The van der Waals surface area contributed by atoms with Crippen molar-refractivity contribution in [3.8, 4) is 0 Å². The minimum absolute atomic E-state index is 0.00149. The van der Waals surface area contributed by atoms with Crippen molar-refractivity contribution in [2.75, 3.05) is 44.7 Å². The average Bonchev–Trinajstić information content (AvgIpc) is 3.34. The number of piperidine rings is 1. The fourth-order valence-electron chi connectivity index (χ4n) is 4.28. The monoisotopic (exact) mass is 386 g/mol. The van der Waals surface area contributed by atoms with Gasteiger partial charge < -0.3 is 19.9 Å². The van der Waals surface area contributed by atoms with Gasteiger partial charge in [-0.25, -0.2) is 4.79 Å². The molecule has 3 aliphatic heterocycles. The van der Waals surface area contributed by atoms with Crippen LogP contribution in [0.2, 0.25) is 0 Å². The molecule has 1 aromatic rings. The molecule has 0 aliphatic carbocycles. The number of amides is 4. The zero-order chi connectivity index (χ0) is 19.7. The Balaban J connectivity index is 1.34. The van der Waals surface area contributed by atoms with E-state index in [0.717, 1.165) is 25.2 Å². The first-order valence-electron chi connectivity index (χ1n) is 9.84. The van der Waals surface area contributed by atoms with Crippen LogP contribution >= 0.6 is 0 Å². The van der Waals surface area contributed by atoms with E-state index in [4.69, 9.17) is 4.74 Å². The maximum Gasteiger partial charge on any atom is 0.324 e. The summed E-state index contributed by atoms with van der Waals surface area (Å²) in [5.41, 5.74) is 1.77. The molecular formula is C20H26N4O4. The number of carbonyl (C=O) groups excluding carboxylic acids is 3. The number of benzene rings is 1. The second-order valence-electron chi connectivity index (χ2n) is 7.59. The van der Waals surface area contributed by atoms with E-state index in [1.165, 1.54) is 4.90 Å². The molecule has 3 heterocycles. The third kappa shape index (κ3) is 3.56. The predicted molar refractivity (Wildman–Crippen MR) is 103 cm³/mol. The second-order valence-corrected chi connectivity index (χ2v) is 7.59. The lowest BCUT2D eigenvalue weighted by atomic mass is 10.0. The second kappa shape index (κ2) is 7.79. The number of carbonyl (C=O) groups is 3. The number of rotatable bonds is 4. The van der Waals surface area contributed by atoms with Gasteiger partial charge in [0.05, 0.1) is 12.6 Å². The van der Waals surface area contributed by atoms with Crippen molar-refractivity contribution in [3.05, 3.63) is 29.8 Å². The topological polar surface area (TPSA) is 82.2 Å². The molecule has 0 spiro atoms. The van der Waals surface area contributed by atoms with Crippen molar-refractivity contribution in [3.63, 3.8) is 0 Å². The number of ether oxygens (including phenoxy) is 1. The maximum atomic E-state index is 12.8. The van der Waals surface area contributed by atoms with Crippen LogP contribution in [-0.4, -0.2) is 79.6 Å². The molecule has 1 atom stereocenters. The predicted octanol–water partition coefficient (Wildman–Crippen LogP) is 1.07. The maximum absolute atomic E-state index is 12.8. The Morgan fingerprint density at radius 1 is 1.07 bits per heavy atom. The summed E-state index contributed by atoms with van der Waals surface area (Å²) in [5, 5.41) is 2.56. The van der Waals surface area contributed by atoms with Gasteiger partial charge in [0.15, 0.2) is 0 Å². The van der Waals surface area contributed by atoms with Crippen molar-refractivity contribution < 1.29 is 19.1 Å². The van der Waals surface area contributed by atoms with Crippen LogP contribution in [0.3, 0.4) is 0 Å². The number of methoxy groups -OCH3 is 1. The van der Waals surface area contributed by atoms with Gasteiger partial charge in [-0.3, -0.25) is 14.5 Å². The van der Waals surface area contributed by atoms with Gasteiger partial charge in [0.1, 0.15) is 0 Å². The Labute approximate surface area is 164 Å². The SMILES string of the molecule is CO[C@@H]1CCN(c2ccc(C(=O)N3CCC(N4C(=O)CNC4=O)CC3)cc2)C1. The normalized spacial score (nSPS) is 23.5. The Morgan fingerprint density at radius 3 is 2.36 bits per heavy atom. The first kappa shape index (κ1) is 18.7. The van der Waals surface area contributed by atoms with Crippen LogP contribution in [0.5, 0.6) is 0 Å². The summed E-state index contributed by atoms with van der Waals surface area (Å²) >= 11 is 0. The van der Waals surface area contributed by atoms with Crippen molar-refractivity contribution in [2.24, 2.45) is 0 Å². The summed E-state index contributed by atoms with van der Waals surface area (Å²) in [7, 11) is 1.74. The molecule has 8 heteroatoms. The van der Waals surface area contributed by atoms with E-state index in [1.807, 2.05) is 24.3 Å². The molecule has 0 unspecified atom stereocenters. The Morgan fingerprint density at radius 2 is 1.79 bits per heavy atom. The van der Waals surface area contributed by atoms with Gasteiger partial charge in [-0.15, -0.1) is 0 Å². The summed E-state index contributed by atoms with van der Waals surface area (Å²) in [4.78, 5) is 41.9. The summed E-state index contributed by atoms with van der Waals surface area (Å²) < 4.78 is 5.41. The molecule has 0 aromatic heterocycles. The van der Waals surface area contributed by atoms with Crippen molar-refractivity contribution in [1.29, 1.82) is 0 Å². The number of nitrogens with one attached hydrogen (secondary N) is 1. The van der Waals surface area contributed by atoms with Crippen LogP contribution in [0, 0.1) is 0 Å². The average molecular weight is 386 g/mol. The Bertz CT molecular complexity index is 742. The molecule has 1 aromatic carbocycles. The summed E-state index contributed by atoms with van der Waals surface area (Å²) in [6.45, 7) is 3.00. The molecule has 0 bridgehead atoms. The number of hydrogen-bond acceptors (Lipinski definition) is 5. The standard InChI is InChI=1S/C20H26N4O4/c1-28-17-8-11-23(13-17)15-4-2-14(3-5-15)19(26)22-9-6-16(7-10-22)24-18(25)12-21-20(24)27/h2-5,16-17H,6-13H2,1H3,(H,21,27)/t17-/m1/s1. The zero-order valence-electron chi connectivity index (χ0n) is 16.1. The number of urea groups is 1. The third-order valence-corrected chi connectivity index (χ3v) is 5.95. The smallest absolute Gasteiger partial charge is 0.324 e. The minimum Gasteiger partial charge on any atom is -0.380 e. The minimum atomic E-state index is -0.317. The van der Waals surface area contributed by atoms with Crippen LogP contribution in [-0.2, 0) is 9.53 Å². The van der Waals surface area contributed by atoms with E-state index < -0.39 is 0 Å². The molecule has 4 rings (SSSR count). The highest BCUT2D eigenvalue weighted by atomic mass is 16.5. The van der Waals surface area contributed by atoms with Crippen LogP contribution in [0.4, 0.5) is 10.5 Å². The quantitative estimate of drug-likeness (QED) is 0.783. The highest BCUT2D eigenvalue weighted by Crippen LogP contribution is 2.24. The molecule has 3 fully saturated rings. The molecule has 4 amide bonds. The van der Waals surface area contributed by atoms with Crippen LogP contribution < -0.4 is 10.2 Å². The van der Waals surface area contributed by atoms with Gasteiger partial charge in [0.25, 0.3) is 5.91 Å². The fraction of sp³-hybridized carbons (Fsp3) is 0.550. The van der Waals surface area contributed by atoms with E-state index in [-0.39, 0.29) is 36.5 Å². The fourth-order valence-corrected chi connectivity index (χ4v) is 4.28. The van der Waals surface area contributed by atoms with E-state index in [1.54, 1.807) is 12.0 Å². The number of likely N-dealkylation sites (tertiary alicyclic amines) is 1. The lowest BCUT2D eigenvalue weighted by Crippen LogP contribution is -2.49. The van der Waals surface area contributed by atoms with Gasteiger partial charge in [0, 0.05) is 50.6 Å². The molecule has 0 radical (unpaired) electrons. The molecule has 3 saturated heterocycles. The molecule has 28 heavy (non-hydrogen) atoms. The molecular weight excluding hydrogens is 360 g/mol. The lowest BCUT2D eigenvalue weighted by Gasteiger charge is -2.35. The van der Waals surface area contributed by atoms with E-state index in [9.17, 15) is 14.4 Å².